The third-order valence-corrected chi connectivity index (χ3v) is 3.16. The first-order valence-electron chi connectivity index (χ1n) is 5.22. The average molecular weight is 270 g/mol. The molecular weight excluding hydrogens is 256 g/mol. The Labute approximate surface area is 105 Å². The molecule has 2 rings (SSSR count). The molecule has 0 saturated carbocycles. The molecule has 2 aromatic heterocycles. The molecule has 7 nitrogen and oxygen atoms in total. The van der Waals surface area contributed by atoms with E-state index in [0.717, 1.165) is 11.4 Å². The van der Waals surface area contributed by atoms with E-state index in [1.165, 1.54) is 6.07 Å². The molecule has 3 N–H and O–H groups in total. The highest BCUT2D eigenvalue weighted by Crippen LogP contribution is 2.16. The largest absolute Gasteiger partial charge is 0.446 e. The van der Waals surface area contributed by atoms with Crippen LogP contribution in [-0.4, -0.2) is 18.2 Å². The highest BCUT2D eigenvalue weighted by molar-refractivity contribution is 7.89. The second-order valence-corrected chi connectivity index (χ2v) is 5.41. The molecule has 2 aromatic rings. The van der Waals surface area contributed by atoms with Crippen molar-refractivity contribution in [1.82, 2.24) is 9.78 Å². The van der Waals surface area contributed by atoms with Gasteiger partial charge >= 0.3 is 0 Å². The summed E-state index contributed by atoms with van der Waals surface area (Å²) in [6.07, 6.45) is 1.83. The van der Waals surface area contributed by atoms with Crippen molar-refractivity contribution in [2.45, 2.75) is 18.6 Å². The lowest BCUT2D eigenvalue weighted by atomic mass is 10.4. The van der Waals surface area contributed by atoms with Crippen LogP contribution in [0.15, 0.2) is 27.8 Å². The predicted molar refractivity (Wildman–Crippen MR) is 65.4 cm³/mol. The number of nitrogens with zero attached hydrogens (tertiary/aromatic N) is 2. The number of sulfonamides is 1. The van der Waals surface area contributed by atoms with Gasteiger partial charge < -0.3 is 9.73 Å². The van der Waals surface area contributed by atoms with Crippen molar-refractivity contribution >= 4 is 15.7 Å². The van der Waals surface area contributed by atoms with Crippen molar-refractivity contribution in [2.24, 2.45) is 12.2 Å². The molecule has 18 heavy (non-hydrogen) atoms. The third-order valence-electron chi connectivity index (χ3n) is 2.38. The molecule has 0 saturated heterocycles. The minimum atomic E-state index is -3.78. The number of hydrogen-bond donors (Lipinski definition) is 2. The molecule has 0 atom stereocenters. The number of hydrogen-bond acceptors (Lipinski definition) is 5. The zero-order valence-electron chi connectivity index (χ0n) is 10.0. The molecule has 0 amide bonds. The fourth-order valence-corrected chi connectivity index (χ4v) is 2.04. The lowest BCUT2D eigenvalue weighted by molar-refractivity contribution is 0.419. The smallest absolute Gasteiger partial charge is 0.271 e. The molecule has 0 aliphatic heterocycles. The Hall–Kier alpha value is -1.80. The Morgan fingerprint density at radius 1 is 1.50 bits per heavy atom. The van der Waals surface area contributed by atoms with Crippen molar-refractivity contribution in [3.63, 3.8) is 0 Å². The Kier molecular flexibility index (Phi) is 3.14. The van der Waals surface area contributed by atoms with Crippen LogP contribution in [0.3, 0.4) is 0 Å². The molecule has 8 heteroatoms. The summed E-state index contributed by atoms with van der Waals surface area (Å²) in [6.45, 7) is 2.24. The fourth-order valence-electron chi connectivity index (χ4n) is 1.56. The Bertz CT molecular complexity index is 656. The summed E-state index contributed by atoms with van der Waals surface area (Å²) in [5.74, 6) is 0.488. The van der Waals surface area contributed by atoms with Gasteiger partial charge in [-0.15, -0.1) is 0 Å². The molecule has 0 aliphatic rings. The van der Waals surface area contributed by atoms with Gasteiger partial charge in [0, 0.05) is 13.2 Å². The average Bonchev–Trinajstić information content (AvgIpc) is 2.81. The van der Waals surface area contributed by atoms with Crippen molar-refractivity contribution in [2.75, 3.05) is 5.32 Å². The zero-order valence-corrected chi connectivity index (χ0v) is 10.9. The Morgan fingerprint density at radius 3 is 2.72 bits per heavy atom. The number of aryl methyl sites for hydroxylation is 2. The van der Waals surface area contributed by atoms with E-state index < -0.39 is 10.0 Å². The molecule has 0 aromatic carbocycles. The standard InChI is InChI=1S/C10H14N4O3S/c1-7-9(6-14(2)13-7)12-5-8-3-4-10(17-8)18(11,15)16/h3-4,6,12H,5H2,1-2H3,(H2,11,15,16). The second kappa shape index (κ2) is 4.46. The van der Waals surface area contributed by atoms with E-state index >= 15 is 0 Å². The van der Waals surface area contributed by atoms with Gasteiger partial charge in [-0.1, -0.05) is 0 Å². The van der Waals surface area contributed by atoms with Crippen molar-refractivity contribution < 1.29 is 12.8 Å². The van der Waals surface area contributed by atoms with Gasteiger partial charge in [0.25, 0.3) is 10.0 Å². The number of rotatable bonds is 4. The minimum Gasteiger partial charge on any atom is -0.446 e. The molecule has 2 heterocycles. The van der Waals surface area contributed by atoms with Crippen LogP contribution in [0.4, 0.5) is 5.69 Å². The van der Waals surface area contributed by atoms with Crippen molar-refractivity contribution in [1.29, 1.82) is 0 Å². The molecule has 0 aliphatic carbocycles. The van der Waals surface area contributed by atoms with Crippen LogP contribution >= 0.6 is 0 Å². The maximum absolute atomic E-state index is 11.0. The first kappa shape index (κ1) is 12.7. The lowest BCUT2D eigenvalue weighted by Crippen LogP contribution is -2.10. The molecule has 0 radical (unpaired) electrons. The third kappa shape index (κ3) is 2.71. The summed E-state index contributed by atoms with van der Waals surface area (Å²) >= 11 is 0. The van der Waals surface area contributed by atoms with Crippen LogP contribution in [0.1, 0.15) is 11.5 Å². The van der Waals surface area contributed by atoms with Crippen LogP contribution in [0.2, 0.25) is 0 Å². The van der Waals surface area contributed by atoms with Crippen LogP contribution in [0, 0.1) is 6.92 Å². The second-order valence-electron chi connectivity index (χ2n) is 3.92. The topological polar surface area (TPSA) is 103 Å². The van der Waals surface area contributed by atoms with Crippen LogP contribution in [0.5, 0.6) is 0 Å². The van der Waals surface area contributed by atoms with Gasteiger partial charge in [-0.2, -0.15) is 5.10 Å². The number of nitrogens with one attached hydrogen (secondary N) is 1. The highest BCUT2D eigenvalue weighted by Gasteiger charge is 2.13. The molecule has 0 unspecified atom stereocenters. The summed E-state index contributed by atoms with van der Waals surface area (Å²) < 4.78 is 28.9. The van der Waals surface area contributed by atoms with E-state index in [4.69, 9.17) is 9.56 Å². The number of anilines is 1. The minimum absolute atomic E-state index is 0.234. The van der Waals surface area contributed by atoms with Gasteiger partial charge in [-0.3, -0.25) is 4.68 Å². The molecule has 0 bridgehead atoms. The first-order valence-corrected chi connectivity index (χ1v) is 6.76. The number of nitrogens with two attached hydrogens (primary N) is 1. The fraction of sp³-hybridized carbons (Fsp3) is 0.300. The van der Waals surface area contributed by atoms with E-state index in [9.17, 15) is 8.42 Å². The van der Waals surface area contributed by atoms with E-state index in [-0.39, 0.29) is 5.09 Å². The first-order chi connectivity index (χ1) is 8.36. The number of furan rings is 1. The summed E-state index contributed by atoms with van der Waals surface area (Å²) in [6, 6.07) is 2.90. The van der Waals surface area contributed by atoms with Crippen LogP contribution < -0.4 is 10.5 Å². The van der Waals surface area contributed by atoms with Gasteiger partial charge in [0.05, 0.1) is 17.9 Å². The van der Waals surface area contributed by atoms with E-state index in [2.05, 4.69) is 10.4 Å². The zero-order chi connectivity index (χ0) is 13.3. The molecule has 0 spiro atoms. The highest BCUT2D eigenvalue weighted by atomic mass is 32.2. The van der Waals surface area contributed by atoms with Gasteiger partial charge in [0.2, 0.25) is 5.09 Å². The quantitative estimate of drug-likeness (QED) is 0.846. The summed E-state index contributed by atoms with van der Waals surface area (Å²) in [7, 11) is -1.96. The van der Waals surface area contributed by atoms with Crippen LogP contribution in [-0.2, 0) is 23.6 Å². The van der Waals surface area contributed by atoms with Crippen molar-refractivity contribution in [3.05, 3.63) is 29.8 Å². The molecule has 98 valence electrons. The normalized spacial score (nSPS) is 11.7. The van der Waals surface area contributed by atoms with Crippen LogP contribution in [0.25, 0.3) is 0 Å². The maximum atomic E-state index is 11.0. The molecule has 0 fully saturated rings. The monoisotopic (exact) mass is 270 g/mol. The Balaban J connectivity index is 2.07. The van der Waals surface area contributed by atoms with E-state index in [1.54, 1.807) is 10.7 Å². The SMILES string of the molecule is Cc1nn(C)cc1NCc1ccc(S(N)(=O)=O)o1. The van der Waals surface area contributed by atoms with Gasteiger partial charge in [-0.25, -0.2) is 13.6 Å². The summed E-state index contributed by atoms with van der Waals surface area (Å²) in [4.78, 5) is 0. The lowest BCUT2D eigenvalue weighted by Gasteiger charge is -2.01. The summed E-state index contributed by atoms with van der Waals surface area (Å²) in [5.41, 5.74) is 1.72. The number of primary sulfonamides is 1. The van der Waals surface area contributed by atoms with Crippen molar-refractivity contribution in [3.8, 4) is 0 Å². The van der Waals surface area contributed by atoms with Gasteiger partial charge in [0.15, 0.2) is 0 Å². The summed E-state index contributed by atoms with van der Waals surface area (Å²) in [5, 5.41) is 12.0. The Morgan fingerprint density at radius 2 is 2.22 bits per heavy atom. The van der Waals surface area contributed by atoms with E-state index in [1.807, 2.05) is 20.2 Å². The number of aromatic nitrogens is 2. The molecular formula is C10H14N4O3S. The van der Waals surface area contributed by atoms with Gasteiger partial charge in [0.1, 0.15) is 5.76 Å². The predicted octanol–water partition coefficient (Wildman–Crippen LogP) is 0.581. The van der Waals surface area contributed by atoms with Gasteiger partial charge in [-0.05, 0) is 19.1 Å². The maximum Gasteiger partial charge on any atom is 0.271 e. The van der Waals surface area contributed by atoms with E-state index in [0.29, 0.717) is 12.3 Å².